The molecular weight excluding hydrogens is 316 g/mol. The smallest absolute Gasteiger partial charge is 0.190 e. The highest BCUT2D eigenvalue weighted by molar-refractivity contribution is 5.95. The number of hydrogen-bond donors (Lipinski definition) is 2. The van der Waals surface area contributed by atoms with Gasteiger partial charge in [0.2, 0.25) is 0 Å². The third-order valence-electron chi connectivity index (χ3n) is 4.69. The van der Waals surface area contributed by atoms with Gasteiger partial charge >= 0.3 is 0 Å². The highest BCUT2D eigenvalue weighted by atomic mass is 16.4. The van der Waals surface area contributed by atoms with Crippen LogP contribution in [0.3, 0.4) is 0 Å². The second-order valence-electron chi connectivity index (χ2n) is 6.36. The van der Waals surface area contributed by atoms with Crippen molar-refractivity contribution in [3.05, 3.63) is 59.4 Å². The largest absolute Gasteiger partial charge is 0.409 e. The fourth-order valence-corrected chi connectivity index (χ4v) is 3.51. The number of hydrogen-bond acceptors (Lipinski definition) is 5. The van der Waals surface area contributed by atoms with Crippen LogP contribution in [0.25, 0.3) is 5.65 Å². The molecule has 25 heavy (non-hydrogen) atoms. The third kappa shape index (κ3) is 2.67. The van der Waals surface area contributed by atoms with E-state index in [2.05, 4.69) is 46.2 Å². The lowest BCUT2D eigenvalue weighted by Gasteiger charge is -2.26. The number of aryl methyl sites for hydroxylation is 1. The molecule has 0 saturated carbocycles. The molecule has 3 N–H and O–H groups in total. The van der Waals surface area contributed by atoms with Crippen LogP contribution in [-0.2, 0) is 0 Å². The monoisotopic (exact) mass is 336 g/mol. The van der Waals surface area contributed by atoms with Gasteiger partial charge in [0, 0.05) is 6.54 Å². The van der Waals surface area contributed by atoms with E-state index in [0.717, 1.165) is 25.2 Å². The molecule has 0 radical (unpaired) electrons. The van der Waals surface area contributed by atoms with Gasteiger partial charge in [-0.1, -0.05) is 35.0 Å². The van der Waals surface area contributed by atoms with Gasteiger partial charge in [0.25, 0.3) is 0 Å². The Balaban J connectivity index is 1.75. The molecule has 1 atom stereocenters. The lowest BCUT2D eigenvalue weighted by Crippen LogP contribution is -2.25. The first kappa shape index (κ1) is 15.4. The molecule has 4 rings (SSSR count). The van der Waals surface area contributed by atoms with E-state index in [1.165, 1.54) is 11.1 Å². The van der Waals surface area contributed by atoms with E-state index in [9.17, 15) is 0 Å². The molecule has 2 aromatic heterocycles. The van der Waals surface area contributed by atoms with Gasteiger partial charge in [-0.2, -0.15) is 0 Å². The van der Waals surface area contributed by atoms with E-state index in [0.29, 0.717) is 17.4 Å². The minimum Gasteiger partial charge on any atom is -0.409 e. The van der Waals surface area contributed by atoms with Gasteiger partial charge in [0.1, 0.15) is 11.5 Å². The Bertz CT molecular complexity index is 948. The third-order valence-corrected chi connectivity index (χ3v) is 4.69. The van der Waals surface area contributed by atoms with E-state index in [1.54, 1.807) is 10.7 Å². The predicted octanol–water partition coefficient (Wildman–Crippen LogP) is 2.47. The van der Waals surface area contributed by atoms with Crippen LogP contribution < -0.4 is 10.6 Å². The lowest BCUT2D eigenvalue weighted by molar-refractivity contribution is 0.318. The van der Waals surface area contributed by atoms with Crippen molar-refractivity contribution in [1.29, 1.82) is 0 Å². The van der Waals surface area contributed by atoms with Gasteiger partial charge in [0.15, 0.2) is 11.5 Å². The molecule has 128 valence electrons. The molecule has 1 aliphatic rings. The number of aromatic nitrogens is 3. The molecule has 1 saturated heterocycles. The number of benzene rings is 1. The van der Waals surface area contributed by atoms with Crippen molar-refractivity contribution in [2.24, 2.45) is 10.9 Å². The van der Waals surface area contributed by atoms with E-state index in [4.69, 9.17) is 16.0 Å². The fraction of sp³-hybridized carbons (Fsp3) is 0.278. The van der Waals surface area contributed by atoms with Crippen molar-refractivity contribution in [1.82, 2.24) is 14.6 Å². The first-order valence-electron chi connectivity index (χ1n) is 8.33. The summed E-state index contributed by atoms with van der Waals surface area (Å²) in [5, 5.41) is 16.7. The van der Waals surface area contributed by atoms with Crippen LogP contribution in [-0.4, -0.2) is 32.2 Å². The standard InChI is InChI=1S/C18H20N6O/c1-12-4-2-5-13(10-12)14-6-3-9-23(14)17-8-7-16-20-11-15(18(19)22-25)24(16)21-17/h2,4-5,7-8,10-11,14,25H,3,6,9H2,1H3,(H2,19,22). The summed E-state index contributed by atoms with van der Waals surface area (Å²) in [7, 11) is 0. The highest BCUT2D eigenvalue weighted by Crippen LogP contribution is 2.35. The molecule has 1 aliphatic heterocycles. The quantitative estimate of drug-likeness (QED) is 0.332. The SMILES string of the molecule is Cc1cccc(C2CCCN2c2ccc3ncc(C(N)=NO)n3n2)c1. The van der Waals surface area contributed by atoms with Gasteiger partial charge in [-0.25, -0.2) is 9.50 Å². The zero-order valence-electron chi connectivity index (χ0n) is 14.0. The van der Waals surface area contributed by atoms with Crippen molar-refractivity contribution in [3.63, 3.8) is 0 Å². The first-order valence-corrected chi connectivity index (χ1v) is 8.33. The minimum atomic E-state index is -0.00574. The van der Waals surface area contributed by atoms with Crippen molar-refractivity contribution >= 4 is 17.3 Å². The second kappa shape index (κ2) is 6.08. The van der Waals surface area contributed by atoms with Gasteiger partial charge in [-0.05, 0) is 37.5 Å². The number of imidazole rings is 1. The van der Waals surface area contributed by atoms with Crippen LogP contribution in [0.1, 0.15) is 35.7 Å². The van der Waals surface area contributed by atoms with E-state index in [-0.39, 0.29) is 5.84 Å². The van der Waals surface area contributed by atoms with Gasteiger partial charge < -0.3 is 15.8 Å². The Morgan fingerprint density at radius 3 is 3.00 bits per heavy atom. The van der Waals surface area contributed by atoms with Crippen LogP contribution in [0.5, 0.6) is 0 Å². The molecule has 0 spiro atoms. The molecule has 3 aromatic rings. The van der Waals surface area contributed by atoms with Crippen LogP contribution in [0.2, 0.25) is 0 Å². The predicted molar refractivity (Wildman–Crippen MR) is 96.0 cm³/mol. The number of rotatable bonds is 3. The van der Waals surface area contributed by atoms with Crippen LogP contribution in [0, 0.1) is 6.92 Å². The normalized spacial score (nSPS) is 18.2. The van der Waals surface area contributed by atoms with Crippen LogP contribution in [0.4, 0.5) is 5.82 Å². The Morgan fingerprint density at radius 2 is 2.20 bits per heavy atom. The van der Waals surface area contributed by atoms with Gasteiger partial charge in [-0.15, -0.1) is 5.10 Å². The molecule has 0 bridgehead atoms. The molecule has 1 fully saturated rings. The molecule has 1 unspecified atom stereocenters. The van der Waals surface area contributed by atoms with Gasteiger partial charge in [0.05, 0.1) is 12.2 Å². The summed E-state index contributed by atoms with van der Waals surface area (Å²) in [6.07, 6.45) is 3.78. The van der Waals surface area contributed by atoms with Crippen LogP contribution >= 0.6 is 0 Å². The zero-order chi connectivity index (χ0) is 17.4. The Morgan fingerprint density at radius 1 is 1.32 bits per heavy atom. The lowest BCUT2D eigenvalue weighted by atomic mass is 10.0. The topological polar surface area (TPSA) is 92.0 Å². The summed E-state index contributed by atoms with van der Waals surface area (Å²) in [6.45, 7) is 3.06. The van der Waals surface area contributed by atoms with Crippen molar-refractivity contribution in [2.75, 3.05) is 11.4 Å². The molecule has 0 aliphatic carbocycles. The molecule has 7 nitrogen and oxygen atoms in total. The van der Waals surface area contributed by atoms with E-state index in [1.807, 2.05) is 12.1 Å². The molecule has 1 aromatic carbocycles. The van der Waals surface area contributed by atoms with E-state index < -0.39 is 0 Å². The summed E-state index contributed by atoms with van der Waals surface area (Å²) in [6, 6.07) is 12.8. The zero-order valence-corrected chi connectivity index (χ0v) is 14.0. The Labute approximate surface area is 145 Å². The number of fused-ring (bicyclic) bond motifs is 1. The average molecular weight is 336 g/mol. The van der Waals surface area contributed by atoms with Crippen molar-refractivity contribution in [3.8, 4) is 0 Å². The summed E-state index contributed by atoms with van der Waals surface area (Å²) in [5.41, 5.74) is 9.44. The van der Waals surface area contributed by atoms with Crippen LogP contribution in [0.15, 0.2) is 47.8 Å². The van der Waals surface area contributed by atoms with Gasteiger partial charge in [-0.3, -0.25) is 0 Å². The maximum Gasteiger partial charge on any atom is 0.190 e. The second-order valence-corrected chi connectivity index (χ2v) is 6.36. The molecule has 0 amide bonds. The Hall–Kier alpha value is -3.09. The maximum atomic E-state index is 8.95. The van der Waals surface area contributed by atoms with E-state index >= 15 is 0 Å². The van der Waals surface area contributed by atoms with Crippen molar-refractivity contribution < 1.29 is 5.21 Å². The number of nitrogens with two attached hydrogens (primary N) is 1. The first-order chi connectivity index (χ1) is 12.2. The maximum absolute atomic E-state index is 8.95. The number of anilines is 1. The molecular formula is C18H20N6O. The van der Waals surface area contributed by atoms with Crippen molar-refractivity contribution in [2.45, 2.75) is 25.8 Å². The fourth-order valence-electron chi connectivity index (χ4n) is 3.51. The summed E-state index contributed by atoms with van der Waals surface area (Å²) < 4.78 is 1.62. The Kier molecular flexibility index (Phi) is 3.76. The minimum absolute atomic E-state index is 0.00574. The summed E-state index contributed by atoms with van der Waals surface area (Å²) in [4.78, 5) is 6.56. The number of oxime groups is 1. The highest BCUT2D eigenvalue weighted by Gasteiger charge is 2.27. The average Bonchev–Trinajstić information content (AvgIpc) is 3.27. The molecule has 3 heterocycles. The number of nitrogens with zero attached hydrogens (tertiary/aromatic N) is 5. The number of amidine groups is 1. The summed E-state index contributed by atoms with van der Waals surface area (Å²) >= 11 is 0. The molecule has 7 heteroatoms. The summed E-state index contributed by atoms with van der Waals surface area (Å²) in [5.74, 6) is 0.857.